The van der Waals surface area contributed by atoms with Crippen LogP contribution < -0.4 is 9.47 Å². The zero-order valence-corrected chi connectivity index (χ0v) is 22.2. The van der Waals surface area contributed by atoms with Crippen molar-refractivity contribution in [1.82, 2.24) is 0 Å². The first-order valence-corrected chi connectivity index (χ1v) is 12.4. The van der Waals surface area contributed by atoms with Crippen molar-refractivity contribution in [1.29, 1.82) is 0 Å². The molecule has 3 aromatic rings. The molecule has 34 heavy (non-hydrogen) atoms. The van der Waals surface area contributed by atoms with Gasteiger partial charge in [0.2, 0.25) is 5.90 Å². The molecule has 9 heteroatoms. The minimum Gasteiger partial charge on any atom is -0.490 e. The van der Waals surface area contributed by atoms with Crippen LogP contribution in [0.4, 0.5) is 0 Å². The van der Waals surface area contributed by atoms with E-state index in [1.54, 1.807) is 30.3 Å². The third-order valence-corrected chi connectivity index (χ3v) is 6.31. The molecule has 4 rings (SSSR count). The van der Waals surface area contributed by atoms with Gasteiger partial charge in [0, 0.05) is 10.0 Å². The molecule has 0 atom stereocenters. The molecule has 0 bridgehead atoms. The van der Waals surface area contributed by atoms with Crippen LogP contribution in [0, 0.1) is 3.57 Å². The van der Waals surface area contributed by atoms with Crippen LogP contribution >= 0.6 is 57.4 Å². The Bertz CT molecular complexity index is 1310. The number of hydrogen-bond donors (Lipinski definition) is 0. The van der Waals surface area contributed by atoms with Gasteiger partial charge in [-0.2, -0.15) is 0 Å². The Hall–Kier alpha value is -2.26. The van der Waals surface area contributed by atoms with Gasteiger partial charge in [0.1, 0.15) is 6.61 Å². The number of carbonyl (C=O) groups excluding carboxylic acids is 1. The zero-order valence-electron chi connectivity index (χ0n) is 17.8. The fraction of sp³-hybridized carbons (Fsp3) is 0.120. The topological polar surface area (TPSA) is 57.1 Å². The van der Waals surface area contributed by atoms with E-state index in [9.17, 15) is 4.79 Å². The molecule has 0 radical (unpaired) electrons. The summed E-state index contributed by atoms with van der Waals surface area (Å²) in [5.74, 6) is 0.731. The number of ether oxygens (including phenoxy) is 3. The highest BCUT2D eigenvalue weighted by Gasteiger charge is 2.26. The molecule has 0 amide bonds. The summed E-state index contributed by atoms with van der Waals surface area (Å²) in [4.78, 5) is 16.8. The molecule has 5 nitrogen and oxygen atoms in total. The monoisotopic (exact) mass is 627 g/mol. The van der Waals surface area contributed by atoms with E-state index in [2.05, 4.69) is 27.6 Å². The lowest BCUT2D eigenvalue weighted by atomic mass is 10.1. The average Bonchev–Trinajstić information content (AvgIpc) is 3.14. The number of hydrogen-bond acceptors (Lipinski definition) is 5. The van der Waals surface area contributed by atoms with Gasteiger partial charge in [-0.05, 0) is 89.2 Å². The standard InChI is InChI=1S/C25H17Cl3INO4/c1-2-32-22-11-15(9-20(29)23(22)33-13-14-3-5-16(26)6-4-14)10-21-25(31)34-24(30-21)18-8-7-17(27)12-19(18)28/h3-12H,2,13H2,1H3/b21-10-. The molecule has 0 aliphatic carbocycles. The average molecular weight is 629 g/mol. The summed E-state index contributed by atoms with van der Waals surface area (Å²) < 4.78 is 18.0. The molecule has 0 saturated carbocycles. The SMILES string of the molecule is CCOc1cc(/C=C2\N=C(c3ccc(Cl)cc3Cl)OC2=O)cc(I)c1OCc1ccc(Cl)cc1. The van der Waals surface area contributed by atoms with E-state index in [-0.39, 0.29) is 11.6 Å². The van der Waals surface area contributed by atoms with Gasteiger partial charge in [-0.25, -0.2) is 9.79 Å². The van der Waals surface area contributed by atoms with Crippen molar-refractivity contribution < 1.29 is 19.0 Å². The fourth-order valence-electron chi connectivity index (χ4n) is 3.16. The van der Waals surface area contributed by atoms with Crippen LogP contribution in [0.15, 0.2) is 65.3 Å². The highest BCUT2D eigenvalue weighted by atomic mass is 127. The smallest absolute Gasteiger partial charge is 0.363 e. The van der Waals surface area contributed by atoms with E-state index in [0.717, 1.165) is 9.13 Å². The fourth-order valence-corrected chi connectivity index (χ4v) is 4.55. The van der Waals surface area contributed by atoms with Gasteiger partial charge in [-0.15, -0.1) is 0 Å². The van der Waals surface area contributed by atoms with Gasteiger partial charge in [-0.3, -0.25) is 0 Å². The minimum absolute atomic E-state index is 0.126. The highest BCUT2D eigenvalue weighted by molar-refractivity contribution is 14.1. The summed E-state index contributed by atoms with van der Waals surface area (Å²) in [6.45, 7) is 2.70. The van der Waals surface area contributed by atoms with Gasteiger partial charge >= 0.3 is 5.97 Å². The number of aliphatic imine (C=N–C) groups is 1. The maximum Gasteiger partial charge on any atom is 0.363 e. The number of rotatable bonds is 7. The molecule has 0 unspecified atom stereocenters. The van der Waals surface area contributed by atoms with Gasteiger partial charge < -0.3 is 14.2 Å². The Morgan fingerprint density at radius 1 is 1.00 bits per heavy atom. The van der Waals surface area contributed by atoms with Crippen molar-refractivity contribution in [3.8, 4) is 11.5 Å². The predicted molar refractivity (Wildman–Crippen MR) is 143 cm³/mol. The van der Waals surface area contributed by atoms with Crippen LogP contribution in [0.1, 0.15) is 23.6 Å². The Morgan fingerprint density at radius 2 is 1.74 bits per heavy atom. The van der Waals surface area contributed by atoms with Crippen molar-refractivity contribution >= 4 is 75.3 Å². The number of esters is 1. The molecular weight excluding hydrogens is 612 g/mol. The summed E-state index contributed by atoms with van der Waals surface area (Å²) in [6.07, 6.45) is 1.63. The number of benzene rings is 3. The third kappa shape index (κ3) is 5.86. The summed E-state index contributed by atoms with van der Waals surface area (Å²) in [6, 6.07) is 16.0. The van der Waals surface area contributed by atoms with Gasteiger partial charge in [0.15, 0.2) is 17.2 Å². The number of halogens is 4. The minimum atomic E-state index is -0.572. The predicted octanol–water partition coefficient (Wildman–Crippen LogP) is 7.57. The van der Waals surface area contributed by atoms with Crippen molar-refractivity contribution in [2.24, 2.45) is 4.99 Å². The van der Waals surface area contributed by atoms with Crippen LogP contribution in [0.2, 0.25) is 15.1 Å². The number of carbonyl (C=O) groups is 1. The normalized spacial score (nSPS) is 14.2. The lowest BCUT2D eigenvalue weighted by Crippen LogP contribution is -2.06. The van der Waals surface area contributed by atoms with Gasteiger partial charge in [0.05, 0.1) is 20.8 Å². The van der Waals surface area contributed by atoms with E-state index in [0.29, 0.717) is 50.9 Å². The number of nitrogens with zero attached hydrogens (tertiary/aromatic N) is 1. The van der Waals surface area contributed by atoms with Crippen LogP contribution in [-0.2, 0) is 16.1 Å². The maximum atomic E-state index is 12.4. The van der Waals surface area contributed by atoms with Gasteiger partial charge in [0.25, 0.3) is 0 Å². The summed E-state index contributed by atoms with van der Waals surface area (Å²) in [5, 5.41) is 1.49. The molecule has 3 aromatic carbocycles. The van der Waals surface area contributed by atoms with E-state index >= 15 is 0 Å². The van der Waals surface area contributed by atoms with Crippen LogP contribution in [0.5, 0.6) is 11.5 Å². The maximum absolute atomic E-state index is 12.4. The van der Waals surface area contributed by atoms with Crippen LogP contribution in [-0.4, -0.2) is 18.5 Å². The largest absolute Gasteiger partial charge is 0.490 e. The molecular formula is C25H17Cl3INO4. The first-order valence-electron chi connectivity index (χ1n) is 10.2. The summed E-state index contributed by atoms with van der Waals surface area (Å²) in [7, 11) is 0. The highest BCUT2D eigenvalue weighted by Crippen LogP contribution is 2.36. The van der Waals surface area contributed by atoms with Crippen molar-refractivity contribution in [3.05, 3.63) is 95.6 Å². The molecule has 174 valence electrons. The molecule has 0 N–H and O–H groups in total. The summed E-state index contributed by atoms with van der Waals surface area (Å²) in [5.41, 5.74) is 2.32. The molecule has 0 aromatic heterocycles. The van der Waals surface area contributed by atoms with E-state index in [1.807, 2.05) is 37.3 Å². The first kappa shape index (κ1) is 24.9. The lowest BCUT2D eigenvalue weighted by Gasteiger charge is -2.15. The molecule has 1 aliphatic rings. The molecule has 0 saturated heterocycles. The third-order valence-electron chi connectivity index (χ3n) is 4.71. The van der Waals surface area contributed by atoms with Crippen LogP contribution in [0.3, 0.4) is 0 Å². The summed E-state index contributed by atoms with van der Waals surface area (Å²) >= 11 is 20.3. The van der Waals surface area contributed by atoms with Crippen molar-refractivity contribution in [2.75, 3.05) is 6.61 Å². The molecule has 0 spiro atoms. The Morgan fingerprint density at radius 3 is 2.44 bits per heavy atom. The molecule has 1 heterocycles. The van der Waals surface area contributed by atoms with E-state index in [1.165, 1.54) is 0 Å². The van der Waals surface area contributed by atoms with E-state index in [4.69, 9.17) is 49.0 Å². The number of cyclic esters (lactones) is 1. The lowest BCUT2D eigenvalue weighted by molar-refractivity contribution is -0.129. The first-order chi connectivity index (χ1) is 16.3. The van der Waals surface area contributed by atoms with Crippen molar-refractivity contribution in [2.45, 2.75) is 13.5 Å². The Kier molecular flexibility index (Phi) is 8.03. The molecule has 1 aliphatic heterocycles. The second-order valence-electron chi connectivity index (χ2n) is 7.14. The van der Waals surface area contributed by atoms with Gasteiger partial charge in [-0.1, -0.05) is 46.9 Å². The van der Waals surface area contributed by atoms with Crippen LogP contribution in [0.25, 0.3) is 6.08 Å². The van der Waals surface area contributed by atoms with Crippen molar-refractivity contribution in [3.63, 3.8) is 0 Å². The quantitative estimate of drug-likeness (QED) is 0.154. The zero-order chi connectivity index (χ0) is 24.2. The second-order valence-corrected chi connectivity index (χ2v) is 9.58. The molecule has 0 fully saturated rings. The second kappa shape index (κ2) is 11.0. The Labute approximate surface area is 225 Å². The van der Waals surface area contributed by atoms with E-state index < -0.39 is 5.97 Å². The Balaban J connectivity index is 1.61.